The van der Waals surface area contributed by atoms with E-state index in [0.717, 1.165) is 23.1 Å². The lowest BCUT2D eigenvalue weighted by Gasteiger charge is -2.17. The Morgan fingerprint density at radius 2 is 1.91 bits per heavy atom. The Hall–Kier alpha value is -3.47. The van der Waals surface area contributed by atoms with Gasteiger partial charge in [-0.25, -0.2) is 9.97 Å². The fourth-order valence-electron chi connectivity index (χ4n) is 2.84. The summed E-state index contributed by atoms with van der Waals surface area (Å²) in [5.74, 6) is 0.375. The number of halogens is 1. The Bertz CT molecular complexity index is 1030. The Balaban J connectivity index is 0.000000518. The van der Waals surface area contributed by atoms with Crippen LogP contribution < -0.4 is 21.3 Å². The first-order valence-corrected chi connectivity index (χ1v) is 12.1. The molecule has 4 N–H and O–H groups in total. The number of primary amides is 1. The fraction of sp³-hybridized carbons (Fsp3) is 0.375. The summed E-state index contributed by atoms with van der Waals surface area (Å²) in [6, 6.07) is 7.63. The van der Waals surface area contributed by atoms with Crippen LogP contribution in [0.5, 0.6) is 0 Å². The van der Waals surface area contributed by atoms with Crippen molar-refractivity contribution in [3.8, 4) is 0 Å². The minimum absolute atomic E-state index is 0.0574. The van der Waals surface area contributed by atoms with Crippen LogP contribution in [0.2, 0.25) is 0 Å². The van der Waals surface area contributed by atoms with Gasteiger partial charge in [0.25, 0.3) is 5.91 Å². The highest BCUT2D eigenvalue weighted by molar-refractivity contribution is 9.09. The summed E-state index contributed by atoms with van der Waals surface area (Å²) >= 11 is 3.19. The van der Waals surface area contributed by atoms with Crippen LogP contribution in [-0.2, 0) is 16.0 Å². The number of hydrogen-bond acceptors (Lipinski definition) is 7. The summed E-state index contributed by atoms with van der Waals surface area (Å²) in [6.45, 7) is 5.03. The van der Waals surface area contributed by atoms with E-state index >= 15 is 0 Å². The highest BCUT2D eigenvalue weighted by Crippen LogP contribution is 2.23. The maximum atomic E-state index is 11.7. The summed E-state index contributed by atoms with van der Waals surface area (Å²) in [7, 11) is 5.48. The molecule has 11 heteroatoms. The molecule has 0 atom stereocenters. The van der Waals surface area contributed by atoms with Crippen LogP contribution in [0.3, 0.4) is 0 Å². The molecule has 1 heterocycles. The number of nitrogens with one attached hydrogen (secondary N) is 2. The van der Waals surface area contributed by atoms with Crippen molar-refractivity contribution < 1.29 is 14.4 Å². The van der Waals surface area contributed by atoms with Gasteiger partial charge in [0, 0.05) is 45.3 Å². The lowest BCUT2D eigenvalue weighted by molar-refractivity contribution is -0.124. The number of allylic oxidation sites excluding steroid dienone is 1. The van der Waals surface area contributed by atoms with Crippen LogP contribution in [0.4, 0.5) is 17.3 Å². The normalized spacial score (nSPS) is 10.2. The quantitative estimate of drug-likeness (QED) is 0.170. The van der Waals surface area contributed by atoms with E-state index < -0.39 is 5.91 Å². The number of rotatable bonds is 11. The number of likely N-dealkylation sites (N-methyl/N-ethyl adjacent to an activating group) is 1. The number of amides is 3. The standard InChI is InChI=1S/C17H22N6O2.C7H12BrNO/c1-11-17(23(2)3)22-16(14(20-11)15(18)25)21-13-6-4-5-12(9-13)7-8-19-10-24;1-3-9(2)7(10)5-4-6-8/h4-6,9-10H,7-8H2,1-3H3,(H2,18,25)(H,19,24)(H,21,22);4-5H,3,6H2,1-2H3/b;5-4+. The molecule has 2 rings (SSSR count). The molecule has 0 saturated heterocycles. The predicted molar refractivity (Wildman–Crippen MR) is 143 cm³/mol. The number of aryl methyl sites for hydroxylation is 1. The minimum atomic E-state index is -0.644. The number of carbonyl (C=O) groups excluding carboxylic acids is 3. The van der Waals surface area contributed by atoms with Gasteiger partial charge < -0.3 is 26.2 Å². The third kappa shape index (κ3) is 10.1. The smallest absolute Gasteiger partial charge is 0.271 e. The molecule has 3 amide bonds. The zero-order chi connectivity index (χ0) is 26.4. The molecule has 0 spiro atoms. The molecule has 0 radical (unpaired) electrons. The van der Waals surface area contributed by atoms with Gasteiger partial charge in [-0.2, -0.15) is 0 Å². The molecule has 1 aromatic carbocycles. The Kier molecular flexibility index (Phi) is 13.0. The SMILES string of the molecule is CCN(C)C(=O)/C=C/CBr.Cc1nc(C(N)=O)c(Nc2cccc(CCNC=O)c2)nc1N(C)C. The van der Waals surface area contributed by atoms with Gasteiger partial charge in [-0.1, -0.05) is 34.1 Å². The molecular formula is C24H34BrN7O3. The second-order valence-electron chi connectivity index (χ2n) is 7.64. The second-order valence-corrected chi connectivity index (χ2v) is 8.29. The van der Waals surface area contributed by atoms with Crippen molar-refractivity contribution in [1.29, 1.82) is 0 Å². The Morgan fingerprint density at radius 1 is 1.20 bits per heavy atom. The number of nitrogens with two attached hydrogens (primary N) is 1. The molecule has 0 bridgehead atoms. The molecule has 1 aromatic heterocycles. The van der Waals surface area contributed by atoms with Crippen LogP contribution in [0, 0.1) is 6.92 Å². The van der Waals surface area contributed by atoms with Crippen molar-refractivity contribution >= 4 is 51.5 Å². The first kappa shape index (κ1) is 29.6. The number of aromatic nitrogens is 2. The first-order chi connectivity index (χ1) is 16.6. The van der Waals surface area contributed by atoms with Crippen molar-refractivity contribution in [3.05, 3.63) is 53.4 Å². The zero-order valence-corrected chi connectivity index (χ0v) is 22.4. The minimum Gasteiger partial charge on any atom is -0.364 e. The van der Waals surface area contributed by atoms with E-state index in [0.29, 0.717) is 36.7 Å². The highest BCUT2D eigenvalue weighted by atomic mass is 79.9. The molecular weight excluding hydrogens is 514 g/mol. The van der Waals surface area contributed by atoms with Crippen molar-refractivity contribution in [3.63, 3.8) is 0 Å². The summed E-state index contributed by atoms with van der Waals surface area (Å²) < 4.78 is 0. The molecule has 10 nitrogen and oxygen atoms in total. The van der Waals surface area contributed by atoms with Crippen LogP contribution in [0.15, 0.2) is 36.4 Å². The van der Waals surface area contributed by atoms with Crippen LogP contribution >= 0.6 is 15.9 Å². The molecule has 2 aromatic rings. The molecule has 0 fully saturated rings. The zero-order valence-electron chi connectivity index (χ0n) is 20.8. The van der Waals surface area contributed by atoms with Crippen LogP contribution in [0.25, 0.3) is 0 Å². The number of carbonyl (C=O) groups is 3. The van der Waals surface area contributed by atoms with Crippen molar-refractivity contribution in [2.75, 3.05) is 49.8 Å². The Labute approximate surface area is 215 Å². The lowest BCUT2D eigenvalue weighted by atomic mass is 10.1. The van der Waals surface area contributed by atoms with Crippen LogP contribution in [-0.4, -0.2) is 72.7 Å². The van der Waals surface area contributed by atoms with Gasteiger partial charge in [-0.3, -0.25) is 14.4 Å². The second kappa shape index (κ2) is 15.4. The van der Waals surface area contributed by atoms with E-state index in [1.54, 1.807) is 31.0 Å². The highest BCUT2D eigenvalue weighted by Gasteiger charge is 2.17. The van der Waals surface area contributed by atoms with Crippen molar-refractivity contribution in [1.82, 2.24) is 20.2 Å². The number of hydrogen-bond donors (Lipinski definition) is 3. The topological polar surface area (TPSA) is 134 Å². The molecule has 190 valence electrons. The van der Waals surface area contributed by atoms with Crippen molar-refractivity contribution in [2.45, 2.75) is 20.3 Å². The van der Waals surface area contributed by atoms with E-state index in [1.807, 2.05) is 50.2 Å². The van der Waals surface area contributed by atoms with E-state index in [4.69, 9.17) is 5.73 Å². The summed E-state index contributed by atoms with van der Waals surface area (Å²) in [4.78, 5) is 45.2. The van der Waals surface area contributed by atoms with E-state index in [9.17, 15) is 14.4 Å². The molecule has 0 aliphatic rings. The maximum Gasteiger partial charge on any atom is 0.271 e. The molecule has 0 unspecified atom stereocenters. The van der Waals surface area contributed by atoms with Gasteiger partial charge in [-0.15, -0.1) is 0 Å². The summed E-state index contributed by atoms with van der Waals surface area (Å²) in [5.41, 5.74) is 7.95. The fourth-order valence-corrected chi connectivity index (χ4v) is 3.03. The monoisotopic (exact) mass is 547 g/mol. The third-order valence-corrected chi connectivity index (χ3v) is 5.11. The van der Waals surface area contributed by atoms with E-state index in [-0.39, 0.29) is 11.6 Å². The largest absolute Gasteiger partial charge is 0.364 e. The average molecular weight is 548 g/mol. The molecule has 0 aliphatic carbocycles. The lowest BCUT2D eigenvalue weighted by Crippen LogP contribution is -2.23. The molecule has 35 heavy (non-hydrogen) atoms. The summed E-state index contributed by atoms with van der Waals surface area (Å²) in [6.07, 6.45) is 4.72. The van der Waals surface area contributed by atoms with E-state index in [1.165, 1.54) is 0 Å². The first-order valence-electron chi connectivity index (χ1n) is 11.0. The van der Waals surface area contributed by atoms with Gasteiger partial charge >= 0.3 is 0 Å². The van der Waals surface area contributed by atoms with Gasteiger partial charge in [0.15, 0.2) is 17.3 Å². The maximum absolute atomic E-state index is 11.7. The summed E-state index contributed by atoms with van der Waals surface area (Å²) in [5, 5.41) is 6.47. The van der Waals surface area contributed by atoms with E-state index in [2.05, 4.69) is 36.5 Å². The number of nitrogens with zero attached hydrogens (tertiary/aromatic N) is 4. The van der Waals surface area contributed by atoms with Gasteiger partial charge in [-0.05, 0) is 44.0 Å². The van der Waals surface area contributed by atoms with Gasteiger partial charge in [0.05, 0.1) is 5.69 Å². The molecule has 0 saturated carbocycles. The Morgan fingerprint density at radius 3 is 2.49 bits per heavy atom. The molecule has 0 aliphatic heterocycles. The number of benzene rings is 1. The number of alkyl halides is 1. The van der Waals surface area contributed by atoms with Gasteiger partial charge in [0.1, 0.15) is 0 Å². The number of anilines is 3. The van der Waals surface area contributed by atoms with Gasteiger partial charge in [0.2, 0.25) is 12.3 Å². The van der Waals surface area contributed by atoms with Crippen LogP contribution in [0.1, 0.15) is 28.7 Å². The predicted octanol–water partition coefficient (Wildman–Crippen LogP) is 2.40. The van der Waals surface area contributed by atoms with Crippen molar-refractivity contribution in [2.24, 2.45) is 5.73 Å². The average Bonchev–Trinajstić information content (AvgIpc) is 2.83. The third-order valence-electron chi connectivity index (χ3n) is 4.73.